The first-order valence-electron chi connectivity index (χ1n) is 3.33. The van der Waals surface area contributed by atoms with Gasteiger partial charge in [-0.3, -0.25) is 4.79 Å². The topological polar surface area (TPSA) is 40.9 Å². The van der Waals surface area contributed by atoms with Crippen molar-refractivity contribution in [3.05, 3.63) is 0 Å². The molecule has 0 radical (unpaired) electrons. The van der Waals surface area contributed by atoms with Crippen LogP contribution in [0.15, 0.2) is 0 Å². The van der Waals surface area contributed by atoms with Gasteiger partial charge in [0.2, 0.25) is 0 Å². The fraction of sp³-hybridized carbons (Fsp3) is 0.714. The van der Waals surface area contributed by atoms with Crippen molar-refractivity contribution >= 4 is 11.5 Å². The number of ketones is 1. The summed E-state index contributed by atoms with van der Waals surface area (Å²) in [6.07, 6.45) is 1.95. The minimum atomic E-state index is 0.000000000000000444. The summed E-state index contributed by atoms with van der Waals surface area (Å²) < 4.78 is 0. The third-order valence-electron chi connectivity index (χ3n) is 1.17. The molecule has 0 heterocycles. The van der Waals surface area contributed by atoms with Crippen LogP contribution in [0, 0.1) is 5.41 Å². The molecule has 0 aromatic carbocycles. The zero-order valence-corrected chi connectivity index (χ0v) is 6.03. The first kappa shape index (κ1) is 8.34. The second kappa shape index (κ2) is 4.24. The molecule has 0 bridgehead atoms. The van der Waals surface area contributed by atoms with E-state index in [-0.39, 0.29) is 11.5 Å². The third-order valence-corrected chi connectivity index (χ3v) is 1.17. The first-order valence-corrected chi connectivity index (χ1v) is 3.33. The van der Waals surface area contributed by atoms with Crippen molar-refractivity contribution in [3.8, 4) is 0 Å². The van der Waals surface area contributed by atoms with Crippen molar-refractivity contribution in [2.45, 2.75) is 33.1 Å². The van der Waals surface area contributed by atoms with E-state index in [1.807, 2.05) is 13.8 Å². The van der Waals surface area contributed by atoms with Crippen LogP contribution in [-0.2, 0) is 4.79 Å². The molecule has 0 aromatic heterocycles. The molecule has 0 aliphatic carbocycles. The van der Waals surface area contributed by atoms with Gasteiger partial charge in [0.25, 0.3) is 0 Å². The molecule has 0 aliphatic heterocycles. The van der Waals surface area contributed by atoms with Crippen LogP contribution in [-0.4, -0.2) is 11.5 Å². The number of Topliss-reactive ketones (excluding diaryl/α,β-unsaturated/α-hetero) is 1. The Balaban J connectivity index is 3.60. The molecule has 0 atom stereocenters. The number of carbonyl (C=O) groups is 1. The van der Waals surface area contributed by atoms with Gasteiger partial charge in [-0.1, -0.05) is 13.8 Å². The van der Waals surface area contributed by atoms with Gasteiger partial charge in [0.15, 0.2) is 5.78 Å². The molecule has 0 spiro atoms. The minimum Gasteiger partial charge on any atom is -0.302 e. The Morgan fingerprint density at radius 1 is 1.44 bits per heavy atom. The van der Waals surface area contributed by atoms with Gasteiger partial charge in [-0.15, -0.1) is 0 Å². The van der Waals surface area contributed by atoms with E-state index in [0.29, 0.717) is 12.8 Å². The van der Waals surface area contributed by atoms with Gasteiger partial charge in [0, 0.05) is 6.42 Å². The Labute approximate surface area is 55.8 Å². The Hall–Kier alpha value is -0.660. The molecule has 0 amide bonds. The lowest BCUT2D eigenvalue weighted by atomic mass is 10.1. The summed E-state index contributed by atoms with van der Waals surface area (Å²) in [5.74, 6) is 0.000000000000000444. The Kier molecular flexibility index (Phi) is 3.93. The monoisotopic (exact) mass is 127 g/mol. The lowest BCUT2D eigenvalue weighted by molar-refractivity contribution is -0.113. The second-order valence-electron chi connectivity index (χ2n) is 2.01. The van der Waals surface area contributed by atoms with Gasteiger partial charge >= 0.3 is 0 Å². The van der Waals surface area contributed by atoms with E-state index < -0.39 is 0 Å². The average Bonchev–Trinajstić information content (AvgIpc) is 1.87. The summed E-state index contributed by atoms with van der Waals surface area (Å²) >= 11 is 0. The standard InChI is InChI=1S/C7H13NO/c1-3-5-7(9)6(8)4-2/h8H,3-5H2,1-2H3. The van der Waals surface area contributed by atoms with E-state index in [0.717, 1.165) is 6.42 Å². The smallest absolute Gasteiger partial charge is 0.176 e. The maximum absolute atomic E-state index is 10.7. The normalized spacial score (nSPS) is 9.11. The Bertz CT molecular complexity index is 118. The van der Waals surface area contributed by atoms with Gasteiger partial charge in [-0.05, 0) is 12.8 Å². The van der Waals surface area contributed by atoms with Gasteiger partial charge in [0.05, 0.1) is 5.71 Å². The van der Waals surface area contributed by atoms with Gasteiger partial charge in [0.1, 0.15) is 0 Å². The average molecular weight is 127 g/mol. The van der Waals surface area contributed by atoms with E-state index in [1.165, 1.54) is 0 Å². The highest BCUT2D eigenvalue weighted by Crippen LogP contribution is 1.93. The third kappa shape index (κ3) is 3.01. The summed E-state index contributed by atoms with van der Waals surface area (Å²) in [5.41, 5.74) is 0.261. The van der Waals surface area contributed by atoms with Crippen molar-refractivity contribution in [1.29, 1.82) is 5.41 Å². The maximum atomic E-state index is 10.7. The van der Waals surface area contributed by atoms with Gasteiger partial charge in [-0.25, -0.2) is 0 Å². The quantitative estimate of drug-likeness (QED) is 0.574. The number of nitrogens with one attached hydrogen (secondary N) is 1. The van der Waals surface area contributed by atoms with Crippen molar-refractivity contribution in [2.75, 3.05) is 0 Å². The number of hydrogen-bond donors (Lipinski definition) is 1. The molecular weight excluding hydrogens is 114 g/mol. The van der Waals surface area contributed by atoms with Crippen LogP contribution in [0.3, 0.4) is 0 Å². The van der Waals surface area contributed by atoms with Crippen molar-refractivity contribution in [2.24, 2.45) is 0 Å². The number of rotatable bonds is 4. The molecule has 2 heteroatoms. The summed E-state index contributed by atoms with van der Waals surface area (Å²) in [6.45, 7) is 3.77. The van der Waals surface area contributed by atoms with E-state index >= 15 is 0 Å². The van der Waals surface area contributed by atoms with Crippen LogP contribution in [0.5, 0.6) is 0 Å². The molecule has 0 saturated heterocycles. The van der Waals surface area contributed by atoms with Crippen LogP contribution in [0.2, 0.25) is 0 Å². The lowest BCUT2D eigenvalue weighted by Crippen LogP contribution is -2.10. The molecule has 0 rings (SSSR count). The molecule has 0 saturated carbocycles. The predicted molar refractivity (Wildman–Crippen MR) is 37.9 cm³/mol. The summed E-state index contributed by atoms with van der Waals surface area (Å²) in [4.78, 5) is 10.7. The predicted octanol–water partition coefficient (Wildman–Crippen LogP) is 1.79. The number of hydrogen-bond acceptors (Lipinski definition) is 2. The van der Waals surface area contributed by atoms with Crippen LogP contribution in [0.25, 0.3) is 0 Å². The molecule has 9 heavy (non-hydrogen) atoms. The second-order valence-corrected chi connectivity index (χ2v) is 2.01. The minimum absolute atomic E-state index is 0.000000000000000444. The largest absolute Gasteiger partial charge is 0.302 e. The fourth-order valence-electron chi connectivity index (χ4n) is 0.575. The van der Waals surface area contributed by atoms with E-state index in [2.05, 4.69) is 0 Å². The fourth-order valence-corrected chi connectivity index (χ4v) is 0.575. The van der Waals surface area contributed by atoms with Gasteiger partial charge in [-0.2, -0.15) is 0 Å². The molecule has 0 unspecified atom stereocenters. The maximum Gasteiger partial charge on any atom is 0.176 e. The van der Waals surface area contributed by atoms with E-state index in [4.69, 9.17) is 5.41 Å². The van der Waals surface area contributed by atoms with Crippen LogP contribution >= 0.6 is 0 Å². The van der Waals surface area contributed by atoms with Crippen molar-refractivity contribution < 1.29 is 4.79 Å². The molecule has 52 valence electrons. The number of carbonyl (C=O) groups excluding carboxylic acids is 1. The first-order chi connectivity index (χ1) is 4.22. The zero-order chi connectivity index (χ0) is 7.28. The van der Waals surface area contributed by atoms with E-state index in [9.17, 15) is 4.79 Å². The van der Waals surface area contributed by atoms with Crippen molar-refractivity contribution in [3.63, 3.8) is 0 Å². The molecule has 0 fully saturated rings. The highest BCUT2D eigenvalue weighted by Gasteiger charge is 2.03. The molecule has 2 nitrogen and oxygen atoms in total. The highest BCUT2D eigenvalue weighted by atomic mass is 16.1. The molecule has 1 N–H and O–H groups in total. The SMILES string of the molecule is CCCC(=O)C(=N)CC. The summed E-state index contributed by atoms with van der Waals surface area (Å²) in [5, 5.41) is 7.10. The Morgan fingerprint density at radius 3 is 2.33 bits per heavy atom. The van der Waals surface area contributed by atoms with Gasteiger partial charge < -0.3 is 5.41 Å². The van der Waals surface area contributed by atoms with Crippen molar-refractivity contribution in [1.82, 2.24) is 0 Å². The molecule has 0 aliphatic rings. The lowest BCUT2D eigenvalue weighted by Gasteiger charge is -1.94. The molecule has 0 aromatic rings. The van der Waals surface area contributed by atoms with E-state index in [1.54, 1.807) is 0 Å². The van der Waals surface area contributed by atoms with Crippen LogP contribution < -0.4 is 0 Å². The highest BCUT2D eigenvalue weighted by molar-refractivity contribution is 6.38. The zero-order valence-electron chi connectivity index (χ0n) is 6.03. The Morgan fingerprint density at radius 2 is 2.00 bits per heavy atom. The molecular formula is C7H13NO. The summed E-state index contributed by atoms with van der Waals surface area (Å²) in [7, 11) is 0. The van der Waals surface area contributed by atoms with Crippen LogP contribution in [0.4, 0.5) is 0 Å². The summed E-state index contributed by atoms with van der Waals surface area (Å²) in [6, 6.07) is 0. The van der Waals surface area contributed by atoms with Crippen LogP contribution in [0.1, 0.15) is 33.1 Å².